The number of amides is 2. The number of hydrogen-bond donors (Lipinski definition) is 1. The normalized spacial score (nSPS) is 17.6. The van der Waals surface area contributed by atoms with Gasteiger partial charge >= 0.3 is 0 Å². The number of anilines is 1. The van der Waals surface area contributed by atoms with Crippen LogP contribution in [0.15, 0.2) is 78.9 Å². The molecule has 2 atom stereocenters. The van der Waals surface area contributed by atoms with E-state index < -0.39 is 6.04 Å². The second-order valence-corrected chi connectivity index (χ2v) is 8.74. The van der Waals surface area contributed by atoms with Crippen molar-refractivity contribution in [1.29, 1.82) is 0 Å². The molecule has 6 nitrogen and oxygen atoms in total. The van der Waals surface area contributed by atoms with Gasteiger partial charge in [0.15, 0.2) is 0 Å². The number of carbonyl (C=O) groups excluding carboxylic acids is 2. The van der Waals surface area contributed by atoms with Gasteiger partial charge in [-0.05, 0) is 42.7 Å². The van der Waals surface area contributed by atoms with Gasteiger partial charge in [0, 0.05) is 12.2 Å². The number of para-hydroxylation sites is 3. The van der Waals surface area contributed by atoms with Crippen LogP contribution in [0.4, 0.5) is 5.69 Å². The lowest BCUT2D eigenvalue weighted by Gasteiger charge is -2.38. The third kappa shape index (κ3) is 3.96. The molecule has 0 saturated carbocycles. The number of aromatic nitrogens is 2. The van der Waals surface area contributed by atoms with E-state index in [2.05, 4.69) is 12.2 Å². The first-order valence-corrected chi connectivity index (χ1v) is 11.8. The summed E-state index contributed by atoms with van der Waals surface area (Å²) in [7, 11) is 0. The van der Waals surface area contributed by atoms with Crippen LogP contribution in [0, 0.1) is 0 Å². The maximum Gasteiger partial charge on any atom is 0.247 e. The van der Waals surface area contributed by atoms with E-state index in [1.54, 1.807) is 0 Å². The lowest BCUT2D eigenvalue weighted by atomic mass is 10.0. The van der Waals surface area contributed by atoms with E-state index in [0.717, 1.165) is 40.1 Å². The van der Waals surface area contributed by atoms with Crippen molar-refractivity contribution in [3.05, 3.63) is 95.8 Å². The summed E-state index contributed by atoms with van der Waals surface area (Å²) < 4.78 is 1.97. The Morgan fingerprint density at radius 3 is 2.47 bits per heavy atom. The van der Waals surface area contributed by atoms with Gasteiger partial charge in [-0.1, -0.05) is 67.6 Å². The van der Waals surface area contributed by atoms with E-state index >= 15 is 0 Å². The number of nitrogens with one attached hydrogen (secondary N) is 1. The first-order valence-electron chi connectivity index (χ1n) is 11.8. The number of imidazole rings is 1. The van der Waals surface area contributed by atoms with E-state index in [1.807, 2.05) is 95.3 Å². The molecule has 0 radical (unpaired) electrons. The van der Waals surface area contributed by atoms with Gasteiger partial charge in [-0.2, -0.15) is 0 Å². The zero-order valence-electron chi connectivity index (χ0n) is 19.4. The predicted octanol–water partition coefficient (Wildman–Crippen LogP) is 5.27. The average molecular weight is 453 g/mol. The van der Waals surface area contributed by atoms with Crippen molar-refractivity contribution >= 4 is 28.5 Å². The molecule has 34 heavy (non-hydrogen) atoms. The van der Waals surface area contributed by atoms with Crippen molar-refractivity contribution < 1.29 is 9.59 Å². The molecule has 5 rings (SSSR count). The molecule has 0 bridgehead atoms. The molecule has 0 saturated heterocycles. The van der Waals surface area contributed by atoms with Crippen molar-refractivity contribution in [2.45, 2.75) is 45.3 Å². The van der Waals surface area contributed by atoms with Crippen molar-refractivity contribution in [1.82, 2.24) is 14.5 Å². The Balaban J connectivity index is 1.51. The molecular formula is C28H28N4O2. The van der Waals surface area contributed by atoms with Crippen molar-refractivity contribution in [2.75, 3.05) is 5.32 Å². The smallest absolute Gasteiger partial charge is 0.247 e. The van der Waals surface area contributed by atoms with Crippen LogP contribution in [0.2, 0.25) is 0 Å². The van der Waals surface area contributed by atoms with Crippen LogP contribution in [0.3, 0.4) is 0 Å². The topological polar surface area (TPSA) is 67.2 Å². The summed E-state index contributed by atoms with van der Waals surface area (Å²) in [5.41, 5.74) is 4.62. The van der Waals surface area contributed by atoms with E-state index in [4.69, 9.17) is 4.98 Å². The molecule has 1 aliphatic rings. The highest BCUT2D eigenvalue weighted by atomic mass is 16.2. The first kappa shape index (κ1) is 21.9. The second-order valence-electron chi connectivity index (χ2n) is 8.74. The Bertz CT molecular complexity index is 1350. The van der Waals surface area contributed by atoms with Gasteiger partial charge in [-0.3, -0.25) is 9.59 Å². The minimum atomic E-state index is -0.656. The summed E-state index contributed by atoms with van der Waals surface area (Å²) >= 11 is 0. The Kier molecular flexibility index (Phi) is 5.88. The Labute approximate surface area is 199 Å². The van der Waals surface area contributed by atoms with Crippen molar-refractivity contribution in [3.8, 4) is 0 Å². The third-order valence-corrected chi connectivity index (χ3v) is 6.59. The van der Waals surface area contributed by atoms with Crippen LogP contribution >= 0.6 is 0 Å². The molecule has 0 aliphatic carbocycles. The SMILES string of the molecule is CCc1ccccc1NC(=O)CC1C(=O)N(Cc2ccccc2)C(C)c2nc3ccccc3n21. The fourth-order valence-corrected chi connectivity index (χ4v) is 4.82. The molecular weight excluding hydrogens is 424 g/mol. The summed E-state index contributed by atoms with van der Waals surface area (Å²) in [5, 5.41) is 3.03. The molecule has 172 valence electrons. The van der Waals surface area contributed by atoms with Gasteiger partial charge in [0.2, 0.25) is 11.8 Å². The van der Waals surface area contributed by atoms with E-state index in [9.17, 15) is 9.59 Å². The molecule has 2 heterocycles. The number of benzene rings is 3. The maximum atomic E-state index is 13.9. The van der Waals surface area contributed by atoms with E-state index in [0.29, 0.717) is 6.54 Å². The van der Waals surface area contributed by atoms with Crippen LogP contribution in [-0.2, 0) is 22.6 Å². The monoisotopic (exact) mass is 452 g/mol. The highest BCUT2D eigenvalue weighted by molar-refractivity contribution is 5.96. The molecule has 1 N–H and O–H groups in total. The molecule has 6 heteroatoms. The number of fused-ring (bicyclic) bond motifs is 3. The number of rotatable bonds is 6. The Hall–Kier alpha value is -3.93. The highest BCUT2D eigenvalue weighted by Crippen LogP contribution is 2.37. The summed E-state index contributed by atoms with van der Waals surface area (Å²) in [6, 6.07) is 24.7. The van der Waals surface area contributed by atoms with E-state index in [1.165, 1.54) is 0 Å². The maximum absolute atomic E-state index is 13.9. The summed E-state index contributed by atoms with van der Waals surface area (Å²) in [6.45, 7) is 4.54. The van der Waals surface area contributed by atoms with E-state index in [-0.39, 0.29) is 24.3 Å². The number of aryl methyl sites for hydroxylation is 1. The fraction of sp³-hybridized carbons (Fsp3) is 0.250. The first-order chi connectivity index (χ1) is 16.6. The molecule has 0 fully saturated rings. The lowest BCUT2D eigenvalue weighted by molar-refractivity contribution is -0.142. The lowest BCUT2D eigenvalue weighted by Crippen LogP contribution is -2.45. The standard InChI is InChI=1S/C28H28N4O2/c1-3-21-13-7-8-14-22(21)29-26(33)17-25-28(34)31(18-20-11-5-4-6-12-20)19(2)27-30-23-15-9-10-16-24(23)32(25)27/h4-16,19,25H,3,17-18H2,1-2H3,(H,29,33). The van der Waals surface area contributed by atoms with Crippen molar-refractivity contribution in [2.24, 2.45) is 0 Å². The van der Waals surface area contributed by atoms with Gasteiger partial charge < -0.3 is 14.8 Å². The van der Waals surface area contributed by atoms with Crippen LogP contribution in [0.5, 0.6) is 0 Å². The Morgan fingerprint density at radius 2 is 1.68 bits per heavy atom. The molecule has 2 amide bonds. The highest BCUT2D eigenvalue weighted by Gasteiger charge is 2.40. The molecule has 0 spiro atoms. The van der Waals surface area contributed by atoms with Crippen LogP contribution in [-0.4, -0.2) is 26.3 Å². The Morgan fingerprint density at radius 1 is 0.971 bits per heavy atom. The largest absolute Gasteiger partial charge is 0.327 e. The summed E-state index contributed by atoms with van der Waals surface area (Å²) in [4.78, 5) is 33.8. The van der Waals surface area contributed by atoms with Crippen LogP contribution in [0.1, 0.15) is 49.3 Å². The van der Waals surface area contributed by atoms with Gasteiger partial charge in [-0.25, -0.2) is 4.98 Å². The van der Waals surface area contributed by atoms with Gasteiger partial charge in [0.1, 0.15) is 11.9 Å². The van der Waals surface area contributed by atoms with Gasteiger partial charge in [0.05, 0.1) is 23.5 Å². The molecule has 3 aromatic carbocycles. The number of nitrogens with zero attached hydrogens (tertiary/aromatic N) is 3. The van der Waals surface area contributed by atoms with Crippen LogP contribution < -0.4 is 5.32 Å². The van der Waals surface area contributed by atoms with Gasteiger partial charge in [0.25, 0.3) is 0 Å². The minimum absolute atomic E-state index is 0.0439. The van der Waals surface area contributed by atoms with Gasteiger partial charge in [-0.15, -0.1) is 0 Å². The quantitative estimate of drug-likeness (QED) is 0.433. The minimum Gasteiger partial charge on any atom is -0.327 e. The van der Waals surface area contributed by atoms with Crippen molar-refractivity contribution in [3.63, 3.8) is 0 Å². The summed E-state index contributed by atoms with van der Waals surface area (Å²) in [6.07, 6.45) is 0.861. The second kappa shape index (κ2) is 9.14. The number of hydrogen-bond acceptors (Lipinski definition) is 3. The summed E-state index contributed by atoms with van der Waals surface area (Å²) in [5.74, 6) is 0.562. The molecule has 1 aromatic heterocycles. The zero-order valence-corrected chi connectivity index (χ0v) is 19.4. The predicted molar refractivity (Wildman–Crippen MR) is 133 cm³/mol. The molecule has 4 aromatic rings. The molecule has 1 aliphatic heterocycles. The van der Waals surface area contributed by atoms with Crippen LogP contribution in [0.25, 0.3) is 11.0 Å². The number of carbonyl (C=O) groups is 2. The third-order valence-electron chi connectivity index (χ3n) is 6.59. The fourth-order valence-electron chi connectivity index (χ4n) is 4.82. The zero-order chi connectivity index (χ0) is 23.7. The average Bonchev–Trinajstić information content (AvgIpc) is 3.25. The molecule has 2 unspecified atom stereocenters.